The first-order chi connectivity index (χ1) is 10.8. The van der Waals surface area contributed by atoms with Gasteiger partial charge in [-0.05, 0) is 49.9 Å². The molecule has 2 N–H and O–H groups in total. The third kappa shape index (κ3) is 1.52. The van der Waals surface area contributed by atoms with Gasteiger partial charge in [0.25, 0.3) is 0 Å². The lowest BCUT2D eigenvalue weighted by molar-refractivity contribution is -0.153. The number of carbonyl (C=O) groups excluding carboxylic acids is 1. The summed E-state index contributed by atoms with van der Waals surface area (Å²) in [7, 11) is 0. The average molecular weight is 320 g/mol. The van der Waals surface area contributed by atoms with Crippen LogP contribution in [0, 0.1) is 28.6 Å². The molecule has 0 aromatic rings. The van der Waals surface area contributed by atoms with E-state index in [0.29, 0.717) is 30.5 Å². The SMILES string of the molecule is C[C@]12CCC3C(C1CCC2=O)[C@H](O)[C@@H]1O[C@@]12C[C@@H](O)CC[C@]32C. The number of rotatable bonds is 0. The van der Waals surface area contributed by atoms with Gasteiger partial charge in [-0.25, -0.2) is 0 Å². The number of ether oxygens (including phenoxy) is 1. The number of Topliss-reactive ketones (excluding diaryl/α,β-unsaturated/α-hetero) is 1. The second-order valence-corrected chi connectivity index (χ2v) is 9.44. The lowest BCUT2D eigenvalue weighted by atomic mass is 9.44. The van der Waals surface area contributed by atoms with Crippen LogP contribution in [-0.4, -0.2) is 39.9 Å². The van der Waals surface area contributed by atoms with E-state index in [1.807, 2.05) is 0 Å². The highest BCUT2D eigenvalue weighted by Crippen LogP contribution is 2.72. The van der Waals surface area contributed by atoms with Gasteiger partial charge in [0.2, 0.25) is 0 Å². The molecule has 1 spiro atoms. The predicted octanol–water partition coefficient (Wildman–Crippen LogP) is 2.06. The maximum Gasteiger partial charge on any atom is 0.139 e. The van der Waals surface area contributed by atoms with Gasteiger partial charge in [0, 0.05) is 23.7 Å². The number of epoxide rings is 1. The molecular formula is C19H28O4. The normalized spacial score (nSPS) is 63.7. The summed E-state index contributed by atoms with van der Waals surface area (Å²) in [4.78, 5) is 12.5. The molecule has 4 aliphatic carbocycles. The predicted molar refractivity (Wildman–Crippen MR) is 83.6 cm³/mol. The van der Waals surface area contributed by atoms with E-state index in [1.165, 1.54) is 0 Å². The van der Waals surface area contributed by atoms with Gasteiger partial charge in [-0.1, -0.05) is 13.8 Å². The van der Waals surface area contributed by atoms with Crippen LogP contribution < -0.4 is 0 Å². The van der Waals surface area contributed by atoms with E-state index < -0.39 is 6.10 Å². The van der Waals surface area contributed by atoms with Crippen molar-refractivity contribution in [2.24, 2.45) is 28.6 Å². The second-order valence-electron chi connectivity index (χ2n) is 9.44. The van der Waals surface area contributed by atoms with Crippen LogP contribution >= 0.6 is 0 Å². The molecule has 0 aromatic carbocycles. The van der Waals surface area contributed by atoms with Gasteiger partial charge >= 0.3 is 0 Å². The van der Waals surface area contributed by atoms with Crippen molar-refractivity contribution in [3.63, 3.8) is 0 Å². The smallest absolute Gasteiger partial charge is 0.139 e. The van der Waals surface area contributed by atoms with Crippen LogP contribution in [0.3, 0.4) is 0 Å². The average Bonchev–Trinajstić information content (AvgIpc) is 3.16. The summed E-state index contributed by atoms with van der Waals surface area (Å²) in [5, 5.41) is 21.2. The van der Waals surface area contributed by atoms with Gasteiger partial charge in [-0.3, -0.25) is 4.79 Å². The molecular weight excluding hydrogens is 292 g/mol. The van der Waals surface area contributed by atoms with Gasteiger partial charge in [0.05, 0.1) is 12.2 Å². The molecule has 5 aliphatic rings. The molecule has 1 aliphatic heterocycles. The van der Waals surface area contributed by atoms with Crippen LogP contribution in [0.5, 0.6) is 0 Å². The Hall–Kier alpha value is -0.450. The summed E-state index contributed by atoms with van der Waals surface area (Å²) >= 11 is 0. The minimum absolute atomic E-state index is 0.0494. The summed E-state index contributed by atoms with van der Waals surface area (Å²) in [6.07, 6.45) is 5.22. The van der Waals surface area contributed by atoms with Crippen molar-refractivity contribution in [2.75, 3.05) is 0 Å². The fourth-order valence-corrected chi connectivity index (χ4v) is 7.41. The van der Waals surface area contributed by atoms with Crippen LogP contribution in [0.25, 0.3) is 0 Å². The molecule has 128 valence electrons. The van der Waals surface area contributed by atoms with E-state index in [2.05, 4.69) is 13.8 Å². The zero-order valence-corrected chi connectivity index (χ0v) is 14.1. The minimum Gasteiger partial charge on any atom is -0.393 e. The maximum absolute atomic E-state index is 12.5. The summed E-state index contributed by atoms with van der Waals surface area (Å²) in [6.45, 7) is 4.47. The Bertz CT molecular complexity index is 576. The first-order valence-electron chi connectivity index (χ1n) is 9.41. The highest BCUT2D eigenvalue weighted by atomic mass is 16.6. The van der Waals surface area contributed by atoms with Crippen molar-refractivity contribution in [1.29, 1.82) is 0 Å². The first kappa shape index (κ1) is 14.9. The topological polar surface area (TPSA) is 70.1 Å². The molecule has 0 bridgehead atoms. The van der Waals surface area contributed by atoms with E-state index in [-0.39, 0.29) is 34.6 Å². The van der Waals surface area contributed by atoms with E-state index in [4.69, 9.17) is 4.74 Å². The Labute approximate surface area is 137 Å². The number of aliphatic hydroxyl groups is 2. The minimum atomic E-state index is -0.464. The van der Waals surface area contributed by atoms with E-state index in [0.717, 1.165) is 32.1 Å². The van der Waals surface area contributed by atoms with Crippen LogP contribution in [0.15, 0.2) is 0 Å². The lowest BCUT2D eigenvalue weighted by Gasteiger charge is -2.59. The molecule has 4 saturated carbocycles. The molecule has 4 nitrogen and oxygen atoms in total. The molecule has 0 amide bonds. The number of ketones is 1. The third-order valence-corrected chi connectivity index (χ3v) is 8.81. The van der Waals surface area contributed by atoms with E-state index in [1.54, 1.807) is 0 Å². The Morgan fingerprint density at radius 2 is 1.87 bits per heavy atom. The molecule has 1 heterocycles. The van der Waals surface area contributed by atoms with Crippen molar-refractivity contribution < 1.29 is 19.7 Å². The summed E-state index contributed by atoms with van der Waals surface area (Å²) in [5.41, 5.74) is -0.475. The molecule has 1 saturated heterocycles. The van der Waals surface area contributed by atoms with Crippen molar-refractivity contribution in [2.45, 2.75) is 82.7 Å². The Morgan fingerprint density at radius 1 is 1.09 bits per heavy atom. The van der Waals surface area contributed by atoms with Gasteiger partial charge in [-0.15, -0.1) is 0 Å². The van der Waals surface area contributed by atoms with Crippen molar-refractivity contribution in [3.05, 3.63) is 0 Å². The number of carbonyl (C=O) groups is 1. The second kappa shape index (κ2) is 4.20. The number of hydrogen-bond acceptors (Lipinski definition) is 4. The molecule has 0 radical (unpaired) electrons. The highest BCUT2D eigenvalue weighted by Gasteiger charge is 2.79. The monoisotopic (exact) mass is 320 g/mol. The highest BCUT2D eigenvalue weighted by molar-refractivity contribution is 5.87. The van der Waals surface area contributed by atoms with Crippen molar-refractivity contribution in [3.8, 4) is 0 Å². The molecule has 3 unspecified atom stereocenters. The zero-order valence-electron chi connectivity index (χ0n) is 14.1. The lowest BCUT2D eigenvalue weighted by Crippen LogP contribution is -2.63. The molecule has 4 heteroatoms. The maximum atomic E-state index is 12.5. The summed E-state index contributed by atoms with van der Waals surface area (Å²) in [5.74, 6) is 1.34. The summed E-state index contributed by atoms with van der Waals surface area (Å²) in [6, 6.07) is 0. The summed E-state index contributed by atoms with van der Waals surface area (Å²) < 4.78 is 6.16. The molecule has 23 heavy (non-hydrogen) atoms. The van der Waals surface area contributed by atoms with Gasteiger partial charge < -0.3 is 14.9 Å². The van der Waals surface area contributed by atoms with Crippen molar-refractivity contribution in [1.82, 2.24) is 0 Å². The number of fused-ring (bicyclic) bond motifs is 4. The molecule has 5 rings (SSSR count). The first-order valence-corrected chi connectivity index (χ1v) is 9.41. The fourth-order valence-electron chi connectivity index (χ4n) is 7.41. The van der Waals surface area contributed by atoms with Crippen molar-refractivity contribution >= 4 is 5.78 Å². The number of aliphatic hydroxyl groups excluding tert-OH is 2. The van der Waals surface area contributed by atoms with Gasteiger partial charge in [-0.2, -0.15) is 0 Å². The molecule has 9 atom stereocenters. The van der Waals surface area contributed by atoms with E-state index in [9.17, 15) is 15.0 Å². The van der Waals surface area contributed by atoms with Gasteiger partial charge in [0.15, 0.2) is 0 Å². The van der Waals surface area contributed by atoms with Crippen LogP contribution in [0.4, 0.5) is 0 Å². The Kier molecular flexibility index (Phi) is 2.71. The quantitative estimate of drug-likeness (QED) is 0.670. The van der Waals surface area contributed by atoms with Crippen LogP contribution in [0.2, 0.25) is 0 Å². The van der Waals surface area contributed by atoms with Crippen LogP contribution in [-0.2, 0) is 9.53 Å². The number of hydrogen-bond donors (Lipinski definition) is 2. The molecule has 5 fully saturated rings. The standard InChI is InChI=1S/C19H28O4/c1-17-7-6-12-14(11(17)3-4-13(17)21)15(22)16-19(23-16)9-10(20)5-8-18(12,19)2/h10-12,14-16,20,22H,3-9H2,1-2H3/t10-,11?,12?,14?,15-,16-,17-,18+,19-/m0/s1. The van der Waals surface area contributed by atoms with E-state index >= 15 is 0 Å². The Morgan fingerprint density at radius 3 is 2.65 bits per heavy atom. The fraction of sp³-hybridized carbons (Fsp3) is 0.947. The third-order valence-electron chi connectivity index (χ3n) is 8.81. The zero-order chi connectivity index (χ0) is 16.2. The largest absolute Gasteiger partial charge is 0.393 e. The molecule has 0 aromatic heterocycles. The Balaban J connectivity index is 1.57. The van der Waals surface area contributed by atoms with Gasteiger partial charge in [0.1, 0.15) is 17.5 Å². The van der Waals surface area contributed by atoms with Crippen LogP contribution in [0.1, 0.15) is 58.8 Å².